The van der Waals surface area contributed by atoms with Crippen molar-refractivity contribution in [2.75, 3.05) is 7.11 Å². The summed E-state index contributed by atoms with van der Waals surface area (Å²) in [6.45, 7) is 0. The summed E-state index contributed by atoms with van der Waals surface area (Å²) >= 11 is 5.96. The largest absolute Gasteiger partial charge is 0.494 e. The second-order valence-electron chi connectivity index (χ2n) is 3.66. The van der Waals surface area contributed by atoms with Gasteiger partial charge in [-0.2, -0.15) is 0 Å². The third-order valence-corrected chi connectivity index (χ3v) is 2.83. The van der Waals surface area contributed by atoms with E-state index >= 15 is 0 Å². The van der Waals surface area contributed by atoms with Crippen LogP contribution < -0.4 is 4.74 Å². The molecule has 2 rings (SSSR count). The molecule has 0 aromatic heterocycles. The summed E-state index contributed by atoms with van der Waals surface area (Å²) in [5.74, 6) is -0.281. The van der Waals surface area contributed by atoms with Crippen LogP contribution in [-0.2, 0) is 0 Å². The van der Waals surface area contributed by atoms with Gasteiger partial charge in [-0.3, -0.25) is 0 Å². The van der Waals surface area contributed by atoms with Gasteiger partial charge in [0, 0.05) is 0 Å². The van der Waals surface area contributed by atoms with Crippen molar-refractivity contribution in [1.29, 1.82) is 0 Å². The van der Waals surface area contributed by atoms with E-state index in [4.69, 9.17) is 21.4 Å². The van der Waals surface area contributed by atoms with Crippen LogP contribution in [0.3, 0.4) is 0 Å². The van der Waals surface area contributed by atoms with Gasteiger partial charge in [0.2, 0.25) is 0 Å². The van der Waals surface area contributed by atoms with Gasteiger partial charge in [0.15, 0.2) is 5.75 Å². The molecule has 1 N–H and O–H groups in total. The summed E-state index contributed by atoms with van der Waals surface area (Å²) in [5, 5.41) is 9.38. The number of ether oxygens (including phenoxy) is 1. The molecule has 1 aliphatic rings. The standard InChI is InChI=1S/C11H11ClO3/c1-15-10-8(11(13)14)4-7(5-9(10)12)6-2-3-6/h4-6H,2-3H2,1H3,(H,13,14). The fourth-order valence-electron chi connectivity index (χ4n) is 1.63. The van der Waals surface area contributed by atoms with Gasteiger partial charge in [-0.25, -0.2) is 4.79 Å². The molecule has 0 unspecified atom stereocenters. The fourth-order valence-corrected chi connectivity index (χ4v) is 1.94. The van der Waals surface area contributed by atoms with Gasteiger partial charge in [-0.15, -0.1) is 0 Å². The van der Waals surface area contributed by atoms with Crippen LogP contribution in [0.5, 0.6) is 5.75 Å². The van der Waals surface area contributed by atoms with E-state index in [1.807, 2.05) is 0 Å². The van der Waals surface area contributed by atoms with Crippen molar-refractivity contribution in [2.24, 2.45) is 0 Å². The fraction of sp³-hybridized carbons (Fsp3) is 0.364. The van der Waals surface area contributed by atoms with Crippen molar-refractivity contribution in [3.05, 3.63) is 28.3 Å². The van der Waals surface area contributed by atoms with Gasteiger partial charge in [0.25, 0.3) is 0 Å². The molecule has 0 spiro atoms. The number of hydrogen-bond acceptors (Lipinski definition) is 2. The van der Waals surface area contributed by atoms with Gasteiger partial charge in [0.1, 0.15) is 5.56 Å². The van der Waals surface area contributed by atoms with E-state index in [1.54, 1.807) is 12.1 Å². The van der Waals surface area contributed by atoms with E-state index in [9.17, 15) is 4.79 Å². The highest BCUT2D eigenvalue weighted by Gasteiger charge is 2.26. The second-order valence-corrected chi connectivity index (χ2v) is 4.07. The van der Waals surface area contributed by atoms with Crippen LogP contribution in [0.1, 0.15) is 34.7 Å². The van der Waals surface area contributed by atoms with Crippen molar-refractivity contribution < 1.29 is 14.6 Å². The van der Waals surface area contributed by atoms with Crippen LogP contribution in [0.4, 0.5) is 0 Å². The number of carbonyl (C=O) groups is 1. The Labute approximate surface area is 92.6 Å². The Bertz CT molecular complexity index is 411. The molecule has 1 fully saturated rings. The molecule has 0 bridgehead atoms. The van der Waals surface area contributed by atoms with Gasteiger partial charge in [0.05, 0.1) is 12.1 Å². The summed E-state index contributed by atoms with van der Waals surface area (Å²) in [6.07, 6.45) is 2.23. The lowest BCUT2D eigenvalue weighted by Crippen LogP contribution is -2.02. The molecule has 0 atom stereocenters. The van der Waals surface area contributed by atoms with Gasteiger partial charge < -0.3 is 9.84 Å². The first-order chi connectivity index (χ1) is 7.13. The van der Waals surface area contributed by atoms with Crippen molar-refractivity contribution in [1.82, 2.24) is 0 Å². The molecule has 15 heavy (non-hydrogen) atoms. The van der Waals surface area contributed by atoms with E-state index in [1.165, 1.54) is 7.11 Å². The number of carboxylic acid groups (broad SMARTS) is 1. The molecule has 0 heterocycles. The number of methoxy groups -OCH3 is 1. The smallest absolute Gasteiger partial charge is 0.339 e. The van der Waals surface area contributed by atoms with Crippen LogP contribution in [-0.4, -0.2) is 18.2 Å². The first kappa shape index (κ1) is 10.3. The highest BCUT2D eigenvalue weighted by molar-refractivity contribution is 6.32. The molecule has 0 saturated heterocycles. The number of aromatic carboxylic acids is 1. The molecule has 0 radical (unpaired) electrons. The Hall–Kier alpha value is -1.22. The van der Waals surface area contributed by atoms with Crippen molar-refractivity contribution in [2.45, 2.75) is 18.8 Å². The summed E-state index contributed by atoms with van der Waals surface area (Å²) in [5.41, 5.74) is 1.14. The predicted octanol–water partition coefficient (Wildman–Crippen LogP) is 2.92. The van der Waals surface area contributed by atoms with Gasteiger partial charge in [-0.1, -0.05) is 11.6 Å². The molecule has 3 nitrogen and oxygen atoms in total. The van der Waals surface area contributed by atoms with E-state index in [2.05, 4.69) is 0 Å². The zero-order chi connectivity index (χ0) is 11.0. The first-order valence-corrected chi connectivity index (χ1v) is 5.12. The molecule has 1 saturated carbocycles. The predicted molar refractivity (Wildman–Crippen MR) is 56.9 cm³/mol. The van der Waals surface area contributed by atoms with Gasteiger partial charge >= 0.3 is 5.97 Å². The van der Waals surface area contributed by atoms with E-state index in [-0.39, 0.29) is 11.3 Å². The number of hydrogen-bond donors (Lipinski definition) is 1. The maximum atomic E-state index is 11.0. The molecule has 80 valence electrons. The van der Waals surface area contributed by atoms with Crippen molar-refractivity contribution in [3.63, 3.8) is 0 Å². The lowest BCUT2D eigenvalue weighted by molar-refractivity contribution is 0.0693. The zero-order valence-corrected chi connectivity index (χ0v) is 9.04. The Kier molecular flexibility index (Phi) is 2.57. The summed E-state index contributed by atoms with van der Waals surface area (Å²) in [4.78, 5) is 11.0. The minimum absolute atomic E-state index is 0.145. The van der Waals surface area contributed by atoms with Crippen LogP contribution >= 0.6 is 11.6 Å². The molecule has 0 amide bonds. The maximum Gasteiger partial charge on any atom is 0.339 e. The quantitative estimate of drug-likeness (QED) is 0.862. The molecule has 1 aromatic carbocycles. The Balaban J connectivity index is 2.52. The topological polar surface area (TPSA) is 46.5 Å². The SMILES string of the molecule is COc1c(Cl)cc(C2CC2)cc1C(=O)O. The minimum atomic E-state index is -1.00. The Morgan fingerprint density at radius 3 is 2.67 bits per heavy atom. The number of rotatable bonds is 3. The monoisotopic (exact) mass is 226 g/mol. The molecule has 1 aliphatic carbocycles. The van der Waals surface area contributed by atoms with E-state index in [0.717, 1.165) is 18.4 Å². The van der Waals surface area contributed by atoms with Crippen LogP contribution in [0.15, 0.2) is 12.1 Å². The molecule has 1 aromatic rings. The first-order valence-electron chi connectivity index (χ1n) is 4.74. The van der Waals surface area contributed by atoms with Crippen LogP contribution in [0, 0.1) is 0 Å². The molecular weight excluding hydrogens is 216 g/mol. The third kappa shape index (κ3) is 1.92. The maximum absolute atomic E-state index is 11.0. The lowest BCUT2D eigenvalue weighted by atomic mass is 10.1. The second kappa shape index (κ2) is 3.74. The lowest BCUT2D eigenvalue weighted by Gasteiger charge is -2.09. The molecule has 0 aliphatic heterocycles. The average molecular weight is 227 g/mol. The highest BCUT2D eigenvalue weighted by atomic mass is 35.5. The van der Waals surface area contributed by atoms with Crippen LogP contribution in [0.25, 0.3) is 0 Å². The zero-order valence-electron chi connectivity index (χ0n) is 8.29. The van der Waals surface area contributed by atoms with Gasteiger partial charge in [-0.05, 0) is 36.5 Å². The average Bonchev–Trinajstić information content (AvgIpc) is 2.99. The van der Waals surface area contributed by atoms with E-state index in [0.29, 0.717) is 10.9 Å². The highest BCUT2D eigenvalue weighted by Crippen LogP contribution is 2.43. The summed E-state index contributed by atoms with van der Waals surface area (Å²) < 4.78 is 4.98. The van der Waals surface area contributed by atoms with Crippen molar-refractivity contribution in [3.8, 4) is 5.75 Å². The normalized spacial score (nSPS) is 15.1. The van der Waals surface area contributed by atoms with Crippen molar-refractivity contribution >= 4 is 17.6 Å². The third-order valence-electron chi connectivity index (χ3n) is 2.55. The Morgan fingerprint density at radius 1 is 1.53 bits per heavy atom. The number of halogens is 1. The Morgan fingerprint density at radius 2 is 2.20 bits per heavy atom. The number of carboxylic acids is 1. The summed E-state index contributed by atoms with van der Waals surface area (Å²) in [7, 11) is 1.42. The molecule has 4 heteroatoms. The molecular formula is C11H11ClO3. The summed E-state index contributed by atoms with van der Waals surface area (Å²) in [6, 6.07) is 3.45. The van der Waals surface area contributed by atoms with E-state index < -0.39 is 5.97 Å². The van der Waals surface area contributed by atoms with Crippen LogP contribution in [0.2, 0.25) is 5.02 Å². The minimum Gasteiger partial charge on any atom is -0.494 e. The number of benzene rings is 1.